The number of carbonyl (C=O) groups excluding carboxylic acids is 2. The van der Waals surface area contributed by atoms with E-state index in [1.54, 1.807) is 38.2 Å². The van der Waals surface area contributed by atoms with Crippen LogP contribution in [0.25, 0.3) is 11.3 Å². The van der Waals surface area contributed by atoms with Crippen molar-refractivity contribution in [3.63, 3.8) is 0 Å². The molecule has 25 heavy (non-hydrogen) atoms. The van der Waals surface area contributed by atoms with Crippen molar-refractivity contribution in [2.45, 2.75) is 33.2 Å². The van der Waals surface area contributed by atoms with Crippen LogP contribution in [-0.4, -0.2) is 41.0 Å². The van der Waals surface area contributed by atoms with E-state index in [2.05, 4.69) is 10.5 Å². The molecule has 134 valence electrons. The second kappa shape index (κ2) is 7.27. The van der Waals surface area contributed by atoms with E-state index >= 15 is 0 Å². The molecule has 6 nitrogen and oxygen atoms in total. The summed E-state index contributed by atoms with van der Waals surface area (Å²) in [5.41, 5.74) is 0.920. The third-order valence-electron chi connectivity index (χ3n) is 3.45. The number of aromatic nitrogens is 1. The van der Waals surface area contributed by atoms with Crippen molar-refractivity contribution in [3.8, 4) is 11.3 Å². The van der Waals surface area contributed by atoms with E-state index in [0.717, 1.165) is 0 Å². The predicted octanol–water partition coefficient (Wildman–Crippen LogP) is 3.29. The van der Waals surface area contributed by atoms with Crippen LogP contribution in [0.2, 0.25) is 5.02 Å². The Morgan fingerprint density at radius 2 is 1.92 bits per heavy atom. The number of aryl methyl sites for hydroxylation is 1. The zero-order chi connectivity index (χ0) is 18.8. The predicted molar refractivity (Wildman–Crippen MR) is 96.5 cm³/mol. The zero-order valence-corrected chi connectivity index (χ0v) is 15.8. The van der Waals surface area contributed by atoms with Crippen LogP contribution in [0.1, 0.15) is 36.9 Å². The van der Waals surface area contributed by atoms with E-state index in [-0.39, 0.29) is 23.9 Å². The first-order chi connectivity index (χ1) is 11.6. The van der Waals surface area contributed by atoms with Crippen molar-refractivity contribution >= 4 is 23.4 Å². The molecule has 0 bridgehead atoms. The van der Waals surface area contributed by atoms with Gasteiger partial charge in [-0.1, -0.05) is 35.0 Å². The van der Waals surface area contributed by atoms with Gasteiger partial charge >= 0.3 is 0 Å². The molecular weight excluding hydrogens is 342 g/mol. The van der Waals surface area contributed by atoms with Gasteiger partial charge in [-0.25, -0.2) is 0 Å². The Bertz CT molecular complexity index is 793. The van der Waals surface area contributed by atoms with Crippen LogP contribution in [0.4, 0.5) is 0 Å². The highest BCUT2D eigenvalue weighted by Gasteiger charge is 2.27. The molecule has 0 aliphatic rings. The summed E-state index contributed by atoms with van der Waals surface area (Å²) < 4.78 is 5.21. The molecule has 0 saturated carbocycles. The molecule has 0 aliphatic heterocycles. The first-order valence-electron chi connectivity index (χ1n) is 7.88. The van der Waals surface area contributed by atoms with Crippen LogP contribution in [-0.2, 0) is 4.79 Å². The monoisotopic (exact) mass is 363 g/mol. The largest absolute Gasteiger partial charge is 0.360 e. The second-order valence-electron chi connectivity index (χ2n) is 6.90. The van der Waals surface area contributed by atoms with Gasteiger partial charge in [0.05, 0.1) is 11.6 Å². The van der Waals surface area contributed by atoms with E-state index in [9.17, 15) is 9.59 Å². The molecular formula is C18H22ClN3O3. The number of nitrogens with one attached hydrogen (secondary N) is 1. The van der Waals surface area contributed by atoms with Gasteiger partial charge in [-0.3, -0.25) is 9.59 Å². The quantitative estimate of drug-likeness (QED) is 0.904. The summed E-state index contributed by atoms with van der Waals surface area (Å²) in [6.07, 6.45) is 0. The lowest BCUT2D eigenvalue weighted by molar-refractivity contribution is -0.122. The number of amides is 2. The molecule has 1 N–H and O–H groups in total. The lowest BCUT2D eigenvalue weighted by atomic mass is 10.1. The molecule has 0 fully saturated rings. The first kappa shape index (κ1) is 19.0. The van der Waals surface area contributed by atoms with E-state index in [1.807, 2.05) is 20.8 Å². The summed E-state index contributed by atoms with van der Waals surface area (Å²) in [7, 11) is 1.56. The Morgan fingerprint density at radius 1 is 1.28 bits per heavy atom. The molecule has 2 amide bonds. The van der Waals surface area contributed by atoms with Gasteiger partial charge in [-0.05, 0) is 33.8 Å². The molecule has 1 aromatic heterocycles. The van der Waals surface area contributed by atoms with Crippen molar-refractivity contribution in [1.82, 2.24) is 15.4 Å². The maximum Gasteiger partial charge on any atom is 0.259 e. The van der Waals surface area contributed by atoms with Gasteiger partial charge in [-0.15, -0.1) is 0 Å². The third-order valence-corrected chi connectivity index (χ3v) is 3.78. The van der Waals surface area contributed by atoms with Gasteiger partial charge in [0.1, 0.15) is 17.0 Å². The minimum absolute atomic E-state index is 0.0668. The molecule has 0 unspecified atom stereocenters. The fourth-order valence-electron chi connectivity index (χ4n) is 2.40. The molecule has 2 rings (SSSR count). The molecule has 0 radical (unpaired) electrons. The highest BCUT2D eigenvalue weighted by Crippen LogP contribution is 2.31. The highest BCUT2D eigenvalue weighted by atomic mass is 35.5. The number of hydrogen-bond acceptors (Lipinski definition) is 4. The van der Waals surface area contributed by atoms with Crippen LogP contribution in [0, 0.1) is 6.92 Å². The maximum atomic E-state index is 12.8. The van der Waals surface area contributed by atoms with Gasteiger partial charge in [0, 0.05) is 18.2 Å². The number of carbonyl (C=O) groups is 2. The number of likely N-dealkylation sites (N-methyl/N-ethyl adjacent to an activating group) is 1. The summed E-state index contributed by atoms with van der Waals surface area (Å²) in [4.78, 5) is 26.2. The van der Waals surface area contributed by atoms with E-state index in [4.69, 9.17) is 16.1 Å². The minimum atomic E-state index is -0.364. The van der Waals surface area contributed by atoms with Gasteiger partial charge in [0.2, 0.25) is 5.91 Å². The summed E-state index contributed by atoms with van der Waals surface area (Å²) in [6, 6.07) is 7.08. The molecule has 2 aromatic rings. The number of nitrogens with zero attached hydrogens (tertiary/aromatic N) is 2. The van der Waals surface area contributed by atoms with Crippen LogP contribution in [0.5, 0.6) is 0 Å². The average Bonchev–Trinajstić information content (AvgIpc) is 2.86. The Labute approximate surface area is 152 Å². The van der Waals surface area contributed by atoms with Gasteiger partial charge in [0.25, 0.3) is 5.91 Å². The lowest BCUT2D eigenvalue weighted by Crippen LogP contribution is -2.46. The molecule has 1 aromatic carbocycles. The van der Waals surface area contributed by atoms with Gasteiger partial charge < -0.3 is 14.7 Å². The first-order valence-corrected chi connectivity index (χ1v) is 8.25. The van der Waals surface area contributed by atoms with Gasteiger partial charge in [-0.2, -0.15) is 0 Å². The van der Waals surface area contributed by atoms with E-state index in [0.29, 0.717) is 27.6 Å². The van der Waals surface area contributed by atoms with Crippen LogP contribution in [0.3, 0.4) is 0 Å². The van der Waals surface area contributed by atoms with Crippen molar-refractivity contribution < 1.29 is 14.1 Å². The molecule has 0 atom stereocenters. The highest BCUT2D eigenvalue weighted by molar-refractivity contribution is 6.33. The maximum absolute atomic E-state index is 12.8. The summed E-state index contributed by atoms with van der Waals surface area (Å²) in [5.74, 6) is -0.211. The van der Waals surface area contributed by atoms with Crippen LogP contribution < -0.4 is 5.32 Å². The molecule has 0 spiro atoms. The molecule has 7 heteroatoms. The number of halogens is 1. The molecule has 0 saturated heterocycles. The van der Waals surface area contributed by atoms with Crippen LogP contribution in [0.15, 0.2) is 28.8 Å². The third kappa shape index (κ3) is 4.60. The topological polar surface area (TPSA) is 75.4 Å². The standard InChI is InChI=1S/C18H22ClN3O3/c1-11-15(16(21-25-11)12-8-6-7-9-13(12)19)17(24)22(5)10-14(23)20-18(2,3)4/h6-9H,10H2,1-5H3,(H,20,23). The number of rotatable bonds is 4. The summed E-state index contributed by atoms with van der Waals surface area (Å²) >= 11 is 6.21. The Hall–Kier alpha value is -2.34. The smallest absolute Gasteiger partial charge is 0.259 e. The lowest BCUT2D eigenvalue weighted by Gasteiger charge is -2.23. The van der Waals surface area contributed by atoms with Gasteiger partial charge in [0.15, 0.2) is 0 Å². The normalized spacial score (nSPS) is 11.3. The fraction of sp³-hybridized carbons (Fsp3) is 0.389. The fourth-order valence-corrected chi connectivity index (χ4v) is 2.62. The second-order valence-corrected chi connectivity index (χ2v) is 7.31. The zero-order valence-electron chi connectivity index (χ0n) is 15.0. The van der Waals surface area contributed by atoms with Crippen LogP contribution >= 0.6 is 11.6 Å². The number of benzene rings is 1. The van der Waals surface area contributed by atoms with E-state index in [1.165, 1.54) is 4.90 Å². The minimum Gasteiger partial charge on any atom is -0.360 e. The summed E-state index contributed by atoms with van der Waals surface area (Å²) in [5, 5.41) is 7.28. The average molecular weight is 364 g/mol. The Balaban J connectivity index is 2.27. The summed E-state index contributed by atoms with van der Waals surface area (Å²) in [6.45, 7) is 7.23. The van der Waals surface area contributed by atoms with Crippen molar-refractivity contribution in [3.05, 3.63) is 40.6 Å². The van der Waals surface area contributed by atoms with Crippen molar-refractivity contribution in [2.24, 2.45) is 0 Å². The van der Waals surface area contributed by atoms with Crippen molar-refractivity contribution in [1.29, 1.82) is 0 Å². The van der Waals surface area contributed by atoms with Crippen molar-refractivity contribution in [2.75, 3.05) is 13.6 Å². The number of hydrogen-bond donors (Lipinski definition) is 1. The molecule has 0 aliphatic carbocycles. The Morgan fingerprint density at radius 3 is 2.52 bits per heavy atom. The molecule has 1 heterocycles. The SMILES string of the molecule is Cc1onc(-c2ccccc2Cl)c1C(=O)N(C)CC(=O)NC(C)(C)C. The van der Waals surface area contributed by atoms with E-state index < -0.39 is 0 Å². The Kier molecular flexibility index (Phi) is 5.52.